The van der Waals surface area contributed by atoms with Crippen LogP contribution in [0.4, 0.5) is 10.6 Å². The largest absolute Gasteiger partial charge is 0.472 e. The minimum atomic E-state index is -3.88. The molecule has 2 heterocycles. The lowest BCUT2D eigenvalue weighted by atomic mass is 10.1. The second-order valence-corrected chi connectivity index (χ2v) is 16.0. The van der Waals surface area contributed by atoms with Gasteiger partial charge in [-0.25, -0.2) is 18.2 Å². The second kappa shape index (κ2) is 14.1. The molecule has 4 atom stereocenters. The van der Waals surface area contributed by atoms with Gasteiger partial charge in [0.15, 0.2) is 5.82 Å². The number of ether oxygens (including phenoxy) is 2. The Morgan fingerprint density at radius 2 is 1.75 bits per heavy atom. The van der Waals surface area contributed by atoms with E-state index in [1.165, 1.54) is 11.0 Å². The zero-order chi connectivity index (χ0) is 35.8. The fraction of sp³-hybridized carbons (Fsp3) is 0.543. The van der Waals surface area contributed by atoms with Crippen molar-refractivity contribution in [2.24, 2.45) is 5.92 Å². The highest BCUT2D eigenvalue weighted by Crippen LogP contribution is 2.45. The van der Waals surface area contributed by atoms with Gasteiger partial charge in [0, 0.05) is 30.0 Å². The predicted molar refractivity (Wildman–Crippen MR) is 185 cm³/mol. The molecule has 16 heteroatoms. The molecule has 0 bridgehead atoms. The summed E-state index contributed by atoms with van der Waals surface area (Å²) in [6.45, 7) is 3.30. The lowest BCUT2D eigenvalue weighted by Gasteiger charge is -2.26. The Morgan fingerprint density at radius 1 is 1.00 bits per heavy atom. The number of amides is 4. The van der Waals surface area contributed by atoms with E-state index in [-0.39, 0.29) is 31.4 Å². The normalized spacial score (nSPS) is 25.8. The zero-order valence-corrected chi connectivity index (χ0v) is 29.0. The maximum Gasteiger partial charge on any atom is 0.407 e. The summed E-state index contributed by atoms with van der Waals surface area (Å²) in [5.41, 5.74) is -0.746. The molecule has 1 unspecified atom stereocenters. The quantitative estimate of drug-likeness (QED) is 0.209. The number of sulfonamides is 1. The van der Waals surface area contributed by atoms with Gasteiger partial charge in [0.05, 0.1) is 11.8 Å². The van der Waals surface area contributed by atoms with E-state index in [9.17, 15) is 27.6 Å². The Balaban J connectivity index is 1.09. The molecule has 7 rings (SSSR count). The molecule has 0 radical (unpaired) electrons. The van der Waals surface area contributed by atoms with Crippen molar-refractivity contribution in [3.8, 4) is 17.3 Å². The second-order valence-electron chi connectivity index (χ2n) is 14.1. The maximum atomic E-state index is 14.0. The van der Waals surface area contributed by atoms with Gasteiger partial charge in [0.25, 0.3) is 5.91 Å². The van der Waals surface area contributed by atoms with Crippen LogP contribution < -0.4 is 25.4 Å². The molecule has 51 heavy (non-hydrogen) atoms. The number of aromatic nitrogens is 2. The molecule has 4 aliphatic carbocycles. The Kier molecular flexibility index (Phi) is 9.61. The minimum absolute atomic E-state index is 0.0214. The molecule has 1 aromatic heterocycles. The first-order valence-corrected chi connectivity index (χ1v) is 19.2. The third kappa shape index (κ3) is 8.10. The highest BCUT2D eigenvalue weighted by atomic mass is 32.2. The van der Waals surface area contributed by atoms with Crippen molar-refractivity contribution in [2.75, 3.05) is 18.4 Å². The van der Waals surface area contributed by atoms with E-state index in [4.69, 9.17) is 9.47 Å². The minimum Gasteiger partial charge on any atom is -0.472 e. The third-order valence-electron chi connectivity index (χ3n) is 10.0. The van der Waals surface area contributed by atoms with E-state index in [1.54, 1.807) is 6.07 Å². The molecule has 4 saturated carbocycles. The van der Waals surface area contributed by atoms with Gasteiger partial charge in [-0.15, -0.1) is 6.58 Å². The molecule has 272 valence electrons. The Morgan fingerprint density at radius 3 is 2.41 bits per heavy atom. The highest BCUT2D eigenvalue weighted by Gasteiger charge is 2.62. The summed E-state index contributed by atoms with van der Waals surface area (Å²) in [4.78, 5) is 64.1. The van der Waals surface area contributed by atoms with Crippen LogP contribution in [0, 0.1) is 5.92 Å². The molecule has 2 aromatic rings. The predicted octanol–water partition coefficient (Wildman–Crippen LogP) is 2.40. The Bertz CT molecular complexity index is 1800. The first-order valence-electron chi connectivity index (χ1n) is 17.7. The highest BCUT2D eigenvalue weighted by molar-refractivity contribution is 7.91. The van der Waals surface area contributed by atoms with Crippen LogP contribution in [0.5, 0.6) is 5.88 Å². The van der Waals surface area contributed by atoms with Gasteiger partial charge in [-0.2, -0.15) is 4.98 Å². The van der Waals surface area contributed by atoms with Crippen molar-refractivity contribution < 1.29 is 37.1 Å². The molecule has 1 aliphatic heterocycles. The maximum absolute atomic E-state index is 14.0. The molecule has 1 aromatic carbocycles. The molecule has 15 nitrogen and oxygen atoms in total. The van der Waals surface area contributed by atoms with Gasteiger partial charge >= 0.3 is 6.09 Å². The van der Waals surface area contributed by atoms with Crippen molar-refractivity contribution >= 4 is 39.7 Å². The summed E-state index contributed by atoms with van der Waals surface area (Å²) < 4.78 is 39.1. The van der Waals surface area contributed by atoms with Gasteiger partial charge in [-0.1, -0.05) is 36.4 Å². The molecule has 5 aliphatic rings. The number of alkyl carbamates (subject to hydrolysis) is 1. The van der Waals surface area contributed by atoms with E-state index < -0.39 is 69.2 Å². The Hall–Kier alpha value is -4.73. The van der Waals surface area contributed by atoms with Crippen molar-refractivity contribution in [2.45, 2.75) is 99.3 Å². The standard InChI is InChI=1S/C35H43N7O8S/c1-2-22-18-35(22,33(45)41-51(47,48)26-14-15-26)40-32(44)27-16-25(20-42(27)30(43)19-36-34(46)50-24-10-6-7-11-24)49-29-17-28(37-23-12-13-23)38-31(39-29)21-8-4-3-5-9-21/h2-5,8-9,17,22-27H,1,6-7,10-16,18-20H2,(H,36,46)(H,40,44)(H,41,45)(H,37,38,39)/t22?,25-,27+,35-/m1/s1. The fourth-order valence-electron chi connectivity index (χ4n) is 6.76. The summed E-state index contributed by atoms with van der Waals surface area (Å²) in [5.74, 6) is -1.27. The van der Waals surface area contributed by atoms with Crippen LogP contribution in [0.1, 0.15) is 64.2 Å². The summed E-state index contributed by atoms with van der Waals surface area (Å²) in [7, 11) is -3.88. The molecular formula is C35H43N7O8S. The van der Waals surface area contributed by atoms with Crippen LogP contribution in [-0.4, -0.2) is 95.3 Å². The number of rotatable bonds is 14. The van der Waals surface area contributed by atoms with Crippen LogP contribution in [-0.2, 0) is 29.1 Å². The van der Waals surface area contributed by atoms with E-state index in [1.807, 2.05) is 30.3 Å². The van der Waals surface area contributed by atoms with Crippen molar-refractivity contribution in [3.63, 3.8) is 0 Å². The lowest BCUT2D eigenvalue weighted by molar-refractivity contribution is -0.139. The summed E-state index contributed by atoms with van der Waals surface area (Å²) >= 11 is 0. The monoisotopic (exact) mass is 721 g/mol. The number of nitrogens with zero attached hydrogens (tertiary/aromatic N) is 3. The molecule has 4 N–H and O–H groups in total. The molecule has 0 spiro atoms. The smallest absolute Gasteiger partial charge is 0.407 e. The lowest BCUT2D eigenvalue weighted by Crippen LogP contribution is -2.57. The van der Waals surface area contributed by atoms with Gasteiger partial charge in [-0.3, -0.25) is 19.1 Å². The number of likely N-dealkylation sites (tertiary alicyclic amines) is 1. The van der Waals surface area contributed by atoms with Crippen LogP contribution in [0.2, 0.25) is 0 Å². The van der Waals surface area contributed by atoms with Gasteiger partial charge in [0.2, 0.25) is 27.7 Å². The average Bonchev–Trinajstić information content (AvgIpc) is 4.07. The van der Waals surface area contributed by atoms with E-state index in [0.717, 1.165) is 44.1 Å². The summed E-state index contributed by atoms with van der Waals surface area (Å²) in [6.07, 6.45) is 6.55. The SMILES string of the molecule is C=CC1C[C@]1(NC(=O)[C@@H]1C[C@@H](Oc2cc(NC3CC3)nc(-c3ccccc3)n2)CN1C(=O)CNC(=O)OC1CCCC1)C(=O)NS(=O)(=O)C1CC1. The summed E-state index contributed by atoms with van der Waals surface area (Å²) in [5, 5.41) is 8.01. The third-order valence-corrected chi connectivity index (χ3v) is 11.9. The molecular weight excluding hydrogens is 678 g/mol. The topological polar surface area (TPSA) is 198 Å². The van der Waals surface area contributed by atoms with Crippen LogP contribution in [0.3, 0.4) is 0 Å². The average molecular weight is 722 g/mol. The number of anilines is 1. The van der Waals surface area contributed by atoms with Crippen LogP contribution >= 0.6 is 0 Å². The molecule has 1 saturated heterocycles. The van der Waals surface area contributed by atoms with Gasteiger partial charge in [0.1, 0.15) is 36.2 Å². The number of benzene rings is 1. The number of carbonyl (C=O) groups is 4. The van der Waals surface area contributed by atoms with Crippen molar-refractivity contribution in [3.05, 3.63) is 49.1 Å². The first-order chi connectivity index (χ1) is 24.5. The van der Waals surface area contributed by atoms with Gasteiger partial charge in [-0.05, 0) is 57.8 Å². The number of carbonyl (C=O) groups excluding carboxylic acids is 4. The fourth-order valence-corrected chi connectivity index (χ4v) is 8.12. The number of hydrogen-bond acceptors (Lipinski definition) is 11. The number of nitrogens with one attached hydrogen (secondary N) is 4. The first kappa shape index (κ1) is 34.7. The van der Waals surface area contributed by atoms with Crippen molar-refractivity contribution in [1.29, 1.82) is 0 Å². The van der Waals surface area contributed by atoms with E-state index in [0.29, 0.717) is 30.5 Å². The molecule has 5 fully saturated rings. The summed E-state index contributed by atoms with van der Waals surface area (Å²) in [6, 6.07) is 10.3. The number of hydrogen-bond donors (Lipinski definition) is 4. The van der Waals surface area contributed by atoms with Crippen LogP contribution in [0.25, 0.3) is 11.4 Å². The van der Waals surface area contributed by atoms with Gasteiger partial charge < -0.3 is 30.3 Å². The zero-order valence-electron chi connectivity index (χ0n) is 28.2. The Labute approximate surface area is 296 Å². The van der Waals surface area contributed by atoms with E-state index >= 15 is 0 Å². The van der Waals surface area contributed by atoms with Crippen LogP contribution in [0.15, 0.2) is 49.1 Å². The van der Waals surface area contributed by atoms with E-state index in [2.05, 4.69) is 37.2 Å². The molecule has 4 amide bonds. The van der Waals surface area contributed by atoms with Crippen molar-refractivity contribution in [1.82, 2.24) is 30.2 Å².